The van der Waals surface area contributed by atoms with Gasteiger partial charge in [0.25, 0.3) is 17.7 Å². The number of fused-ring (bicyclic) bond motifs is 1. The summed E-state index contributed by atoms with van der Waals surface area (Å²) in [4.78, 5) is 38.1. The van der Waals surface area contributed by atoms with Gasteiger partial charge in [-0.15, -0.1) is 0 Å². The molecule has 1 aromatic heterocycles. The van der Waals surface area contributed by atoms with Crippen LogP contribution in [0.4, 0.5) is 0 Å². The van der Waals surface area contributed by atoms with Crippen LogP contribution in [0.3, 0.4) is 0 Å². The molecule has 9 heteroatoms. The Bertz CT molecular complexity index is 933. The molecule has 1 fully saturated rings. The second-order valence-corrected chi connectivity index (χ2v) is 6.87. The fourth-order valence-corrected chi connectivity index (χ4v) is 3.65. The first-order chi connectivity index (χ1) is 13.4. The van der Waals surface area contributed by atoms with Crippen LogP contribution >= 0.6 is 0 Å². The molecule has 9 nitrogen and oxygen atoms in total. The average Bonchev–Trinajstić information content (AvgIpc) is 3.33. The minimum absolute atomic E-state index is 0.115. The summed E-state index contributed by atoms with van der Waals surface area (Å²) in [5.74, 6) is -1.57. The van der Waals surface area contributed by atoms with Crippen LogP contribution < -0.4 is 5.73 Å². The zero-order valence-corrected chi connectivity index (χ0v) is 14.8. The fourth-order valence-electron chi connectivity index (χ4n) is 3.65. The number of ether oxygens (including phenoxy) is 1. The molecule has 3 atom stereocenters. The first kappa shape index (κ1) is 18.4. The number of aromatic nitrogens is 1. The van der Waals surface area contributed by atoms with Crippen LogP contribution in [0.15, 0.2) is 36.7 Å². The van der Waals surface area contributed by atoms with Gasteiger partial charge in [-0.25, -0.2) is 0 Å². The summed E-state index contributed by atoms with van der Waals surface area (Å²) in [5.41, 5.74) is 6.65. The smallest absolute Gasteiger partial charge is 0.261 e. The summed E-state index contributed by atoms with van der Waals surface area (Å²) in [5, 5.41) is 19.2. The molecule has 1 saturated heterocycles. The number of primary amides is 1. The molecule has 1 aromatic carbocycles. The lowest BCUT2D eigenvalue weighted by Gasteiger charge is -2.14. The number of nitrogens with zero attached hydrogens (tertiary/aromatic N) is 2. The number of hydrogen-bond acceptors (Lipinski definition) is 6. The second kappa shape index (κ2) is 6.86. The summed E-state index contributed by atoms with van der Waals surface area (Å²) in [6.07, 6.45) is 1.11. The van der Waals surface area contributed by atoms with E-state index in [-0.39, 0.29) is 25.1 Å². The highest BCUT2D eigenvalue weighted by atomic mass is 16.5. The molecule has 4 N–H and O–H groups in total. The molecule has 0 aliphatic carbocycles. The van der Waals surface area contributed by atoms with Crippen molar-refractivity contribution < 1.29 is 29.3 Å². The van der Waals surface area contributed by atoms with Gasteiger partial charge in [0.05, 0.1) is 35.9 Å². The molecule has 3 unspecified atom stereocenters. The fraction of sp³-hybridized carbons (Fsp3) is 0.316. The number of rotatable bonds is 5. The zero-order chi connectivity index (χ0) is 20.0. The predicted octanol–water partition coefficient (Wildman–Crippen LogP) is 0.0239. The van der Waals surface area contributed by atoms with Crippen molar-refractivity contribution in [3.05, 3.63) is 58.9 Å². The molecule has 4 rings (SSSR count). The second-order valence-electron chi connectivity index (χ2n) is 6.87. The normalized spacial score (nSPS) is 24.1. The van der Waals surface area contributed by atoms with Crippen LogP contribution in [0.2, 0.25) is 0 Å². The highest BCUT2D eigenvalue weighted by molar-refractivity contribution is 6.21. The monoisotopic (exact) mass is 385 g/mol. The highest BCUT2D eigenvalue weighted by Crippen LogP contribution is 2.31. The van der Waals surface area contributed by atoms with Gasteiger partial charge in [-0.3, -0.25) is 19.3 Å². The number of benzene rings is 1. The quantitative estimate of drug-likeness (QED) is 0.621. The number of nitrogens with two attached hydrogens (primary N) is 1. The van der Waals surface area contributed by atoms with E-state index in [4.69, 9.17) is 10.5 Å². The van der Waals surface area contributed by atoms with Crippen LogP contribution in [0, 0.1) is 0 Å². The van der Waals surface area contributed by atoms with E-state index in [0.717, 1.165) is 4.90 Å². The lowest BCUT2D eigenvalue weighted by atomic mass is 10.1. The molecule has 2 aromatic rings. The van der Waals surface area contributed by atoms with E-state index in [9.17, 15) is 24.6 Å². The molecular weight excluding hydrogens is 366 g/mol. The third kappa shape index (κ3) is 2.89. The van der Waals surface area contributed by atoms with Gasteiger partial charge in [0.15, 0.2) is 0 Å². The van der Waals surface area contributed by atoms with Crippen molar-refractivity contribution in [1.82, 2.24) is 9.47 Å². The SMILES string of the molecule is NC(=O)c1cn(C2CC(O)C(CO)O2)cc1CN1C(=O)c2ccccc2C1=O. The molecule has 3 heterocycles. The number of amides is 3. The summed E-state index contributed by atoms with van der Waals surface area (Å²) in [7, 11) is 0. The molecule has 0 spiro atoms. The van der Waals surface area contributed by atoms with Crippen LogP contribution in [0.1, 0.15) is 49.3 Å². The Morgan fingerprint density at radius 3 is 2.36 bits per heavy atom. The van der Waals surface area contributed by atoms with E-state index < -0.39 is 36.2 Å². The van der Waals surface area contributed by atoms with Crippen LogP contribution in [0.25, 0.3) is 0 Å². The molecule has 0 bridgehead atoms. The lowest BCUT2D eigenvalue weighted by Crippen LogP contribution is -2.30. The van der Waals surface area contributed by atoms with Crippen LogP contribution in [-0.2, 0) is 11.3 Å². The summed E-state index contributed by atoms with van der Waals surface area (Å²) < 4.78 is 7.15. The minimum Gasteiger partial charge on any atom is -0.394 e. The maximum absolute atomic E-state index is 12.6. The van der Waals surface area contributed by atoms with Crippen molar-refractivity contribution in [2.24, 2.45) is 5.73 Å². The van der Waals surface area contributed by atoms with Crippen molar-refractivity contribution in [3.63, 3.8) is 0 Å². The van der Waals surface area contributed by atoms with E-state index in [1.54, 1.807) is 35.0 Å². The maximum Gasteiger partial charge on any atom is 0.261 e. The molecule has 2 aliphatic heterocycles. The number of carbonyl (C=O) groups is 3. The van der Waals surface area contributed by atoms with E-state index in [0.29, 0.717) is 16.7 Å². The average molecular weight is 385 g/mol. The first-order valence-corrected chi connectivity index (χ1v) is 8.80. The predicted molar refractivity (Wildman–Crippen MR) is 95.2 cm³/mol. The third-order valence-electron chi connectivity index (χ3n) is 5.12. The number of hydrogen-bond donors (Lipinski definition) is 3. The molecule has 28 heavy (non-hydrogen) atoms. The Balaban J connectivity index is 1.62. The highest BCUT2D eigenvalue weighted by Gasteiger charge is 2.37. The summed E-state index contributed by atoms with van der Waals surface area (Å²) in [6, 6.07) is 6.52. The van der Waals surface area contributed by atoms with Gasteiger partial charge in [0.1, 0.15) is 12.3 Å². The van der Waals surface area contributed by atoms with Gasteiger partial charge >= 0.3 is 0 Å². The Morgan fingerprint density at radius 1 is 1.18 bits per heavy atom. The molecule has 146 valence electrons. The maximum atomic E-state index is 12.6. The van der Waals surface area contributed by atoms with Crippen molar-refractivity contribution in [2.75, 3.05) is 6.61 Å². The standard InChI is InChI=1S/C19H19N3O6/c20-17(25)13-8-21(16-5-14(24)15(9-23)28-16)6-10(13)7-22-18(26)11-3-1-2-4-12(11)19(22)27/h1-4,6,8,14-16,23-24H,5,7,9H2,(H2,20,25). The van der Waals surface area contributed by atoms with E-state index in [1.165, 1.54) is 6.20 Å². The number of carbonyl (C=O) groups excluding carboxylic acids is 3. The number of aliphatic hydroxyl groups is 2. The van der Waals surface area contributed by atoms with Gasteiger partial charge in [0.2, 0.25) is 0 Å². The van der Waals surface area contributed by atoms with Gasteiger partial charge in [0, 0.05) is 24.4 Å². The largest absolute Gasteiger partial charge is 0.394 e. The van der Waals surface area contributed by atoms with E-state index in [2.05, 4.69) is 0 Å². The van der Waals surface area contributed by atoms with Gasteiger partial charge in [-0.1, -0.05) is 12.1 Å². The van der Waals surface area contributed by atoms with E-state index in [1.807, 2.05) is 0 Å². The number of imide groups is 1. The Kier molecular flexibility index (Phi) is 4.50. The van der Waals surface area contributed by atoms with Crippen molar-refractivity contribution >= 4 is 17.7 Å². The minimum atomic E-state index is -0.839. The third-order valence-corrected chi connectivity index (χ3v) is 5.12. The molecule has 3 amide bonds. The van der Waals surface area contributed by atoms with Crippen molar-refractivity contribution in [2.45, 2.75) is 31.4 Å². The van der Waals surface area contributed by atoms with Gasteiger partial charge < -0.3 is 25.3 Å². The zero-order valence-electron chi connectivity index (χ0n) is 14.8. The van der Waals surface area contributed by atoms with Crippen LogP contribution in [0.5, 0.6) is 0 Å². The van der Waals surface area contributed by atoms with Crippen molar-refractivity contribution in [3.8, 4) is 0 Å². The molecule has 0 radical (unpaired) electrons. The summed E-state index contributed by atoms with van der Waals surface area (Å²) in [6.45, 7) is -0.445. The lowest BCUT2D eigenvalue weighted by molar-refractivity contribution is -0.0442. The molecule has 2 aliphatic rings. The van der Waals surface area contributed by atoms with Gasteiger partial charge in [-0.2, -0.15) is 0 Å². The molecule has 0 saturated carbocycles. The van der Waals surface area contributed by atoms with Gasteiger partial charge in [-0.05, 0) is 12.1 Å². The first-order valence-electron chi connectivity index (χ1n) is 8.80. The Morgan fingerprint density at radius 2 is 1.82 bits per heavy atom. The summed E-state index contributed by atoms with van der Waals surface area (Å²) >= 11 is 0. The van der Waals surface area contributed by atoms with E-state index >= 15 is 0 Å². The molecular formula is C19H19N3O6. The van der Waals surface area contributed by atoms with Crippen LogP contribution in [-0.4, -0.2) is 56.2 Å². The van der Waals surface area contributed by atoms with Crippen molar-refractivity contribution in [1.29, 1.82) is 0 Å². The Labute approximate surface area is 159 Å². The topological polar surface area (TPSA) is 135 Å². The number of aliphatic hydroxyl groups excluding tert-OH is 2. The Hall–Kier alpha value is -3.01.